The first kappa shape index (κ1) is 24.2. The minimum Gasteiger partial charge on any atom is -0.444 e. The molecule has 1 saturated heterocycles. The maximum atomic E-state index is 15.1. The molecule has 1 heterocycles. The largest absolute Gasteiger partial charge is 0.444 e. The number of nitrogens with two attached hydrogens (primary N) is 1. The maximum absolute atomic E-state index is 15.1. The maximum Gasteiger partial charge on any atom is 0.410 e. The Balaban J connectivity index is 1.95. The fourth-order valence-electron chi connectivity index (χ4n) is 4.31. The summed E-state index contributed by atoms with van der Waals surface area (Å²) in [7, 11) is 0. The van der Waals surface area contributed by atoms with Gasteiger partial charge in [0.1, 0.15) is 11.4 Å². The SMILES string of the molecule is Cc1cccc(-c2c(F)cccc2[C@H](OCCN)[C@@H]2CCCN(C(=O)OC(C)(C)C)C2)c1. The number of rotatable bonds is 6. The molecule has 1 amide bonds. The average Bonchev–Trinajstić information content (AvgIpc) is 2.73. The van der Waals surface area contributed by atoms with Crippen molar-refractivity contribution in [2.24, 2.45) is 11.7 Å². The van der Waals surface area contributed by atoms with E-state index in [0.717, 1.165) is 29.5 Å². The van der Waals surface area contributed by atoms with Gasteiger partial charge in [0.05, 0.1) is 12.7 Å². The van der Waals surface area contributed by atoms with Crippen molar-refractivity contribution in [3.8, 4) is 11.1 Å². The van der Waals surface area contributed by atoms with Crippen molar-refractivity contribution in [3.63, 3.8) is 0 Å². The van der Waals surface area contributed by atoms with Gasteiger partial charge < -0.3 is 20.1 Å². The number of likely N-dealkylation sites (tertiary alicyclic amines) is 1. The van der Waals surface area contributed by atoms with E-state index < -0.39 is 5.60 Å². The van der Waals surface area contributed by atoms with Gasteiger partial charge in [0.2, 0.25) is 0 Å². The first-order chi connectivity index (χ1) is 15.2. The van der Waals surface area contributed by atoms with Gasteiger partial charge >= 0.3 is 6.09 Å². The minimum absolute atomic E-state index is 0.00757. The van der Waals surface area contributed by atoms with Crippen LogP contribution in [0.1, 0.15) is 50.8 Å². The number of piperidine rings is 1. The molecule has 2 atom stereocenters. The highest BCUT2D eigenvalue weighted by Gasteiger charge is 2.34. The quantitative estimate of drug-likeness (QED) is 0.645. The smallest absolute Gasteiger partial charge is 0.410 e. The molecular formula is C26H35FN2O3. The lowest BCUT2D eigenvalue weighted by Gasteiger charge is -2.38. The van der Waals surface area contributed by atoms with Crippen molar-refractivity contribution >= 4 is 6.09 Å². The van der Waals surface area contributed by atoms with Crippen LogP contribution in [-0.4, -0.2) is 42.8 Å². The van der Waals surface area contributed by atoms with Crippen molar-refractivity contribution < 1.29 is 18.7 Å². The predicted octanol–water partition coefficient (Wildman–Crippen LogP) is 5.46. The zero-order chi connectivity index (χ0) is 23.3. The highest BCUT2D eigenvalue weighted by molar-refractivity contribution is 5.70. The summed E-state index contributed by atoms with van der Waals surface area (Å²) >= 11 is 0. The fraction of sp³-hybridized carbons (Fsp3) is 0.500. The molecule has 0 unspecified atom stereocenters. The number of benzene rings is 2. The van der Waals surface area contributed by atoms with Gasteiger partial charge in [-0.15, -0.1) is 0 Å². The Morgan fingerprint density at radius 1 is 1.25 bits per heavy atom. The molecule has 2 aromatic carbocycles. The summed E-state index contributed by atoms with van der Waals surface area (Å²) in [6, 6.07) is 13.0. The zero-order valence-electron chi connectivity index (χ0n) is 19.6. The average molecular weight is 443 g/mol. The van der Waals surface area contributed by atoms with Gasteiger partial charge in [-0.05, 0) is 57.7 Å². The summed E-state index contributed by atoms with van der Waals surface area (Å²) in [6.45, 7) is 9.44. The Bertz CT molecular complexity index is 926. The Morgan fingerprint density at radius 3 is 2.69 bits per heavy atom. The van der Waals surface area contributed by atoms with Gasteiger partial charge in [-0.1, -0.05) is 42.0 Å². The van der Waals surface area contributed by atoms with Crippen molar-refractivity contribution in [2.75, 3.05) is 26.2 Å². The van der Waals surface area contributed by atoms with Crippen LogP contribution in [-0.2, 0) is 9.47 Å². The molecule has 0 aromatic heterocycles. The highest BCUT2D eigenvalue weighted by atomic mass is 19.1. The van der Waals surface area contributed by atoms with E-state index >= 15 is 4.39 Å². The van der Waals surface area contributed by atoms with Crippen LogP contribution in [0.4, 0.5) is 9.18 Å². The molecule has 6 heteroatoms. The first-order valence-electron chi connectivity index (χ1n) is 11.3. The van der Waals surface area contributed by atoms with Gasteiger partial charge in [0.25, 0.3) is 0 Å². The van der Waals surface area contributed by atoms with E-state index in [9.17, 15) is 4.79 Å². The summed E-state index contributed by atoms with van der Waals surface area (Å²) in [5, 5.41) is 0. The second-order valence-electron chi connectivity index (χ2n) is 9.48. The number of halogens is 1. The summed E-state index contributed by atoms with van der Waals surface area (Å²) in [4.78, 5) is 14.4. The van der Waals surface area contributed by atoms with E-state index in [1.807, 2.05) is 58.0 Å². The molecular weight excluding hydrogens is 407 g/mol. The third-order valence-electron chi connectivity index (χ3n) is 5.61. The lowest BCUT2D eigenvalue weighted by atomic mass is 9.84. The van der Waals surface area contributed by atoms with E-state index in [-0.39, 0.29) is 23.9 Å². The van der Waals surface area contributed by atoms with Crippen LogP contribution in [0.15, 0.2) is 42.5 Å². The van der Waals surface area contributed by atoms with Crippen molar-refractivity contribution in [3.05, 3.63) is 59.4 Å². The number of hydrogen-bond donors (Lipinski definition) is 1. The number of amides is 1. The molecule has 0 spiro atoms. The molecule has 3 rings (SSSR count). The van der Waals surface area contributed by atoms with Crippen LogP contribution in [0.25, 0.3) is 11.1 Å². The molecule has 0 bridgehead atoms. The minimum atomic E-state index is -0.555. The molecule has 0 radical (unpaired) electrons. The molecule has 1 fully saturated rings. The topological polar surface area (TPSA) is 64.8 Å². The van der Waals surface area contributed by atoms with Crippen LogP contribution < -0.4 is 5.73 Å². The van der Waals surface area contributed by atoms with Crippen molar-refractivity contribution in [1.29, 1.82) is 0 Å². The van der Waals surface area contributed by atoms with Crippen LogP contribution in [0, 0.1) is 18.7 Å². The number of hydrogen-bond acceptors (Lipinski definition) is 4. The van der Waals surface area contributed by atoms with E-state index in [1.165, 1.54) is 6.07 Å². The Morgan fingerprint density at radius 2 is 2.00 bits per heavy atom. The van der Waals surface area contributed by atoms with E-state index in [1.54, 1.807) is 11.0 Å². The standard InChI is InChI=1S/C26H35FN2O3/c1-18-8-5-9-19(16-18)23-21(11-6-12-22(23)27)24(31-15-13-28)20-10-7-14-29(17-20)25(30)32-26(2,3)4/h5-6,8-9,11-12,16,20,24H,7,10,13-15,17,28H2,1-4H3/t20-,24-/m1/s1. The lowest BCUT2D eigenvalue weighted by molar-refractivity contribution is -0.0232. The number of carbonyl (C=O) groups excluding carboxylic acids is 1. The third-order valence-corrected chi connectivity index (χ3v) is 5.61. The second kappa shape index (κ2) is 10.5. The molecule has 5 nitrogen and oxygen atoms in total. The lowest BCUT2D eigenvalue weighted by Crippen LogP contribution is -2.44. The Kier molecular flexibility index (Phi) is 7.91. The van der Waals surface area contributed by atoms with E-state index in [2.05, 4.69) is 0 Å². The number of ether oxygens (including phenoxy) is 2. The van der Waals surface area contributed by atoms with Gasteiger partial charge in [0, 0.05) is 31.1 Å². The molecule has 1 aliphatic heterocycles. The van der Waals surface area contributed by atoms with Gasteiger partial charge in [-0.25, -0.2) is 9.18 Å². The van der Waals surface area contributed by atoms with Gasteiger partial charge in [-0.3, -0.25) is 0 Å². The summed E-state index contributed by atoms with van der Waals surface area (Å²) < 4.78 is 26.9. The molecule has 2 N–H and O–H groups in total. The highest BCUT2D eigenvalue weighted by Crippen LogP contribution is 2.39. The van der Waals surface area contributed by atoms with Crippen LogP contribution in [0.5, 0.6) is 0 Å². The van der Waals surface area contributed by atoms with Crippen LogP contribution in [0.3, 0.4) is 0 Å². The van der Waals surface area contributed by atoms with Gasteiger partial charge in [-0.2, -0.15) is 0 Å². The van der Waals surface area contributed by atoms with Gasteiger partial charge in [0.15, 0.2) is 0 Å². The molecule has 2 aromatic rings. The molecule has 174 valence electrons. The molecule has 0 aliphatic carbocycles. The predicted molar refractivity (Wildman–Crippen MR) is 125 cm³/mol. The second-order valence-corrected chi connectivity index (χ2v) is 9.48. The summed E-state index contributed by atoms with van der Waals surface area (Å²) in [5.74, 6) is -0.276. The van der Waals surface area contributed by atoms with Crippen molar-refractivity contribution in [2.45, 2.75) is 52.2 Å². The van der Waals surface area contributed by atoms with Crippen LogP contribution >= 0.6 is 0 Å². The normalized spacial score (nSPS) is 17.8. The zero-order valence-corrected chi connectivity index (χ0v) is 19.6. The van der Waals surface area contributed by atoms with Crippen molar-refractivity contribution in [1.82, 2.24) is 4.90 Å². The van der Waals surface area contributed by atoms with E-state index in [4.69, 9.17) is 15.2 Å². The Hall–Kier alpha value is -2.44. The molecule has 1 aliphatic rings. The third kappa shape index (κ3) is 6.08. The number of aryl methyl sites for hydroxylation is 1. The van der Waals surface area contributed by atoms with Crippen LogP contribution in [0.2, 0.25) is 0 Å². The number of carbonyl (C=O) groups is 1. The monoisotopic (exact) mass is 442 g/mol. The van der Waals surface area contributed by atoms with E-state index in [0.29, 0.717) is 31.8 Å². The molecule has 0 saturated carbocycles. The molecule has 32 heavy (non-hydrogen) atoms. The summed E-state index contributed by atoms with van der Waals surface area (Å²) in [6.07, 6.45) is 1.01. The first-order valence-corrected chi connectivity index (χ1v) is 11.3. The summed E-state index contributed by atoms with van der Waals surface area (Å²) in [5.41, 5.74) is 8.41. The Labute approximate surface area is 190 Å². The number of nitrogens with zero attached hydrogens (tertiary/aromatic N) is 1. The fourth-order valence-corrected chi connectivity index (χ4v) is 4.31.